The molecule has 21 heavy (non-hydrogen) atoms. The normalized spacial score (nSPS) is 14.5. The van der Waals surface area contributed by atoms with E-state index in [-0.39, 0.29) is 11.4 Å². The highest BCUT2D eigenvalue weighted by Crippen LogP contribution is 2.29. The Balaban J connectivity index is 1.98. The van der Waals surface area contributed by atoms with Crippen molar-refractivity contribution in [1.29, 1.82) is 0 Å². The monoisotopic (exact) mass is 291 g/mol. The number of rotatable bonds is 4. The molecular weight excluding hydrogens is 275 g/mol. The molecule has 1 saturated carbocycles. The maximum absolute atomic E-state index is 14.2. The van der Waals surface area contributed by atoms with Gasteiger partial charge in [0, 0.05) is 18.2 Å². The van der Waals surface area contributed by atoms with E-state index in [9.17, 15) is 13.2 Å². The first-order valence-corrected chi connectivity index (χ1v) is 7.03. The van der Waals surface area contributed by atoms with Crippen molar-refractivity contribution in [1.82, 2.24) is 5.32 Å². The third-order valence-electron chi connectivity index (χ3n) is 3.78. The van der Waals surface area contributed by atoms with Crippen LogP contribution in [0.5, 0.6) is 0 Å². The summed E-state index contributed by atoms with van der Waals surface area (Å²) in [6.45, 7) is 1.96. The molecule has 1 N–H and O–H groups in total. The van der Waals surface area contributed by atoms with Crippen LogP contribution in [0.25, 0.3) is 11.1 Å². The average Bonchev–Trinajstić information content (AvgIpc) is 3.28. The third-order valence-corrected chi connectivity index (χ3v) is 3.78. The highest BCUT2D eigenvalue weighted by Gasteiger charge is 2.21. The van der Waals surface area contributed by atoms with Crippen molar-refractivity contribution in [2.75, 3.05) is 0 Å². The molecule has 1 aliphatic carbocycles. The van der Waals surface area contributed by atoms with Gasteiger partial charge in [-0.05, 0) is 49.1 Å². The Labute approximate surface area is 121 Å². The Morgan fingerprint density at radius 1 is 1.05 bits per heavy atom. The van der Waals surface area contributed by atoms with E-state index in [1.54, 1.807) is 6.92 Å². The minimum Gasteiger partial charge on any atom is -0.310 e. The van der Waals surface area contributed by atoms with E-state index in [1.165, 1.54) is 30.3 Å². The lowest BCUT2D eigenvalue weighted by molar-refractivity contribution is 0.579. The summed E-state index contributed by atoms with van der Waals surface area (Å²) in [5.74, 6) is -1.59. The van der Waals surface area contributed by atoms with Gasteiger partial charge in [-0.2, -0.15) is 0 Å². The Bertz CT molecular complexity index is 678. The molecule has 2 aromatic carbocycles. The molecule has 0 saturated heterocycles. The van der Waals surface area contributed by atoms with Crippen LogP contribution in [-0.2, 0) is 6.54 Å². The molecule has 1 aliphatic rings. The van der Waals surface area contributed by atoms with E-state index < -0.39 is 11.6 Å². The molecule has 0 aliphatic heterocycles. The van der Waals surface area contributed by atoms with Gasteiger partial charge in [-0.1, -0.05) is 12.1 Å². The van der Waals surface area contributed by atoms with Crippen molar-refractivity contribution in [3.8, 4) is 11.1 Å². The van der Waals surface area contributed by atoms with Crippen LogP contribution >= 0.6 is 0 Å². The number of hydrogen-bond acceptors (Lipinski definition) is 1. The summed E-state index contributed by atoms with van der Waals surface area (Å²) in [6.07, 6.45) is 2.20. The minimum absolute atomic E-state index is 0.0947. The molecule has 0 amide bonds. The fourth-order valence-electron chi connectivity index (χ4n) is 2.33. The summed E-state index contributed by atoms with van der Waals surface area (Å²) < 4.78 is 41.9. The van der Waals surface area contributed by atoms with Gasteiger partial charge in [0.15, 0.2) is 0 Å². The highest BCUT2D eigenvalue weighted by atomic mass is 19.1. The average molecular weight is 291 g/mol. The SMILES string of the molecule is Cc1ccc(F)c(-c2ccc(F)c(CNC3CC3)c2)c1F. The molecule has 0 spiro atoms. The van der Waals surface area contributed by atoms with Crippen LogP contribution in [-0.4, -0.2) is 6.04 Å². The van der Waals surface area contributed by atoms with Crippen LogP contribution in [0.3, 0.4) is 0 Å². The van der Waals surface area contributed by atoms with Crippen molar-refractivity contribution < 1.29 is 13.2 Å². The first-order valence-electron chi connectivity index (χ1n) is 7.03. The van der Waals surface area contributed by atoms with Crippen LogP contribution in [0, 0.1) is 24.4 Å². The number of hydrogen-bond donors (Lipinski definition) is 1. The number of aryl methyl sites for hydroxylation is 1. The lowest BCUT2D eigenvalue weighted by Crippen LogP contribution is -2.16. The Morgan fingerprint density at radius 3 is 2.48 bits per heavy atom. The first kappa shape index (κ1) is 14.1. The quantitative estimate of drug-likeness (QED) is 0.884. The molecule has 2 aromatic rings. The van der Waals surface area contributed by atoms with Gasteiger partial charge in [0.05, 0.1) is 5.56 Å². The topological polar surface area (TPSA) is 12.0 Å². The molecule has 110 valence electrons. The largest absolute Gasteiger partial charge is 0.310 e. The second-order valence-electron chi connectivity index (χ2n) is 5.51. The Hall–Kier alpha value is -1.81. The smallest absolute Gasteiger partial charge is 0.136 e. The zero-order valence-corrected chi connectivity index (χ0v) is 11.7. The number of halogens is 3. The van der Waals surface area contributed by atoms with Gasteiger partial charge in [-0.25, -0.2) is 13.2 Å². The predicted molar refractivity (Wildman–Crippen MR) is 76.4 cm³/mol. The molecule has 3 rings (SSSR count). The van der Waals surface area contributed by atoms with E-state index in [4.69, 9.17) is 0 Å². The second kappa shape index (κ2) is 5.53. The van der Waals surface area contributed by atoms with Crippen LogP contribution < -0.4 is 5.32 Å². The molecule has 0 heterocycles. The van der Waals surface area contributed by atoms with Crippen molar-refractivity contribution in [3.05, 3.63) is 58.9 Å². The maximum Gasteiger partial charge on any atom is 0.136 e. The van der Waals surface area contributed by atoms with Crippen molar-refractivity contribution in [2.45, 2.75) is 32.4 Å². The Morgan fingerprint density at radius 2 is 1.76 bits per heavy atom. The third kappa shape index (κ3) is 2.95. The summed E-state index contributed by atoms with van der Waals surface area (Å²) in [5.41, 5.74) is 1.07. The van der Waals surface area contributed by atoms with Gasteiger partial charge in [0.25, 0.3) is 0 Å². The van der Waals surface area contributed by atoms with E-state index >= 15 is 0 Å². The lowest BCUT2D eigenvalue weighted by atomic mass is 9.99. The summed E-state index contributed by atoms with van der Waals surface area (Å²) in [5, 5.41) is 3.21. The summed E-state index contributed by atoms with van der Waals surface area (Å²) in [4.78, 5) is 0. The van der Waals surface area contributed by atoms with Crippen LogP contribution in [0.4, 0.5) is 13.2 Å². The van der Waals surface area contributed by atoms with Gasteiger partial charge >= 0.3 is 0 Å². The Kier molecular flexibility index (Phi) is 3.72. The molecule has 0 bridgehead atoms. The number of benzene rings is 2. The molecule has 0 radical (unpaired) electrons. The highest BCUT2D eigenvalue weighted by molar-refractivity contribution is 5.66. The zero-order chi connectivity index (χ0) is 15.0. The van der Waals surface area contributed by atoms with Crippen molar-refractivity contribution in [3.63, 3.8) is 0 Å². The lowest BCUT2D eigenvalue weighted by Gasteiger charge is -2.11. The van der Waals surface area contributed by atoms with Crippen molar-refractivity contribution >= 4 is 0 Å². The molecule has 0 unspecified atom stereocenters. The second-order valence-corrected chi connectivity index (χ2v) is 5.51. The van der Waals surface area contributed by atoms with Gasteiger partial charge in [-0.15, -0.1) is 0 Å². The molecule has 0 aromatic heterocycles. The van der Waals surface area contributed by atoms with Gasteiger partial charge < -0.3 is 5.32 Å². The summed E-state index contributed by atoms with van der Waals surface area (Å²) in [7, 11) is 0. The molecular formula is C17H16F3N. The molecule has 1 fully saturated rings. The summed E-state index contributed by atoms with van der Waals surface area (Å²) >= 11 is 0. The van der Waals surface area contributed by atoms with Crippen LogP contribution in [0.2, 0.25) is 0 Å². The number of nitrogens with one attached hydrogen (secondary N) is 1. The fraction of sp³-hybridized carbons (Fsp3) is 0.294. The van der Waals surface area contributed by atoms with Crippen LogP contribution in [0.1, 0.15) is 24.0 Å². The fourth-order valence-corrected chi connectivity index (χ4v) is 2.33. The van der Waals surface area contributed by atoms with E-state index in [0.29, 0.717) is 29.3 Å². The first-order chi connectivity index (χ1) is 10.1. The molecule has 0 atom stereocenters. The zero-order valence-electron chi connectivity index (χ0n) is 11.7. The van der Waals surface area contributed by atoms with Gasteiger partial charge in [0.1, 0.15) is 17.5 Å². The van der Waals surface area contributed by atoms with Gasteiger partial charge in [-0.3, -0.25) is 0 Å². The molecule has 1 nitrogen and oxygen atoms in total. The van der Waals surface area contributed by atoms with E-state index in [0.717, 1.165) is 12.8 Å². The van der Waals surface area contributed by atoms with E-state index in [2.05, 4.69) is 5.32 Å². The van der Waals surface area contributed by atoms with E-state index in [1.807, 2.05) is 0 Å². The van der Waals surface area contributed by atoms with Crippen LogP contribution in [0.15, 0.2) is 30.3 Å². The maximum atomic E-state index is 14.2. The van der Waals surface area contributed by atoms with Gasteiger partial charge in [0.2, 0.25) is 0 Å². The minimum atomic E-state index is -0.634. The predicted octanol–water partition coefficient (Wildman–Crippen LogP) is 4.33. The standard InChI is InChI=1S/C17H16F3N/c1-10-2-6-15(19)16(17(10)20)11-3-7-14(18)12(8-11)9-21-13-4-5-13/h2-3,6-8,13,21H,4-5,9H2,1H3. The summed E-state index contributed by atoms with van der Waals surface area (Å²) in [6, 6.07) is 7.27. The molecule has 4 heteroatoms. The van der Waals surface area contributed by atoms with Crippen molar-refractivity contribution in [2.24, 2.45) is 0 Å².